The molecule has 0 bridgehead atoms. The summed E-state index contributed by atoms with van der Waals surface area (Å²) in [6, 6.07) is 4.73. The summed E-state index contributed by atoms with van der Waals surface area (Å²) >= 11 is 5.72. The van der Waals surface area contributed by atoms with Crippen molar-refractivity contribution >= 4 is 76.3 Å². The lowest BCUT2D eigenvalue weighted by atomic mass is 9.77. The topological polar surface area (TPSA) is 591 Å². The predicted molar refractivity (Wildman–Crippen MR) is 454 cm³/mol. The van der Waals surface area contributed by atoms with E-state index >= 15 is 0 Å². The number of hydrogen-bond acceptors (Lipinski definition) is 25. The third kappa shape index (κ3) is 34.2. The minimum atomic E-state index is -1.44. The number of nitrogens with one attached hydrogen (secondary N) is 9. The molecule has 5 rings (SSSR count). The van der Waals surface area contributed by atoms with E-state index in [4.69, 9.17) is 82.8 Å². The molecule has 0 saturated heterocycles. The van der Waals surface area contributed by atoms with E-state index in [9.17, 15) is 58.2 Å². The highest BCUT2D eigenvalue weighted by molar-refractivity contribution is 7.80. The Balaban J connectivity index is 1.27. The van der Waals surface area contributed by atoms with E-state index in [0.29, 0.717) is 227 Å². The van der Waals surface area contributed by atoms with Gasteiger partial charge in [0.2, 0.25) is 53.2 Å². The Morgan fingerprint density at radius 3 is 0.992 bits per heavy atom. The molecular weight excluding hydrogens is 1540 g/mol. The number of phenols is 2. The number of phenolic OH excluding ortho intramolecular Hbond substituents is 2. The van der Waals surface area contributed by atoms with Crippen LogP contribution in [0.15, 0.2) is 54.6 Å². The Kier molecular flexibility index (Phi) is 47.9. The van der Waals surface area contributed by atoms with Crippen LogP contribution in [-0.4, -0.2) is 208 Å². The molecule has 9 amide bonds. The van der Waals surface area contributed by atoms with Gasteiger partial charge in [0.25, 0.3) is 0 Å². The molecule has 660 valence electrons. The van der Waals surface area contributed by atoms with Crippen LogP contribution in [0.25, 0.3) is 0 Å². The quantitative estimate of drug-likeness (QED) is 0.0219. The smallest absolute Gasteiger partial charge is 0.340 e. The molecule has 34 nitrogen and oxygen atoms in total. The van der Waals surface area contributed by atoms with Crippen LogP contribution in [0, 0.1) is 0 Å². The van der Waals surface area contributed by atoms with Crippen molar-refractivity contribution in [3.63, 3.8) is 0 Å². The van der Waals surface area contributed by atoms with Crippen LogP contribution in [0.4, 0.5) is 0 Å². The van der Waals surface area contributed by atoms with Gasteiger partial charge in [-0.25, -0.2) is 4.79 Å². The summed E-state index contributed by atoms with van der Waals surface area (Å²) in [6.07, 6.45) is 15.1. The van der Waals surface area contributed by atoms with E-state index in [1.54, 1.807) is 30.3 Å². The highest BCUT2D eigenvalue weighted by Crippen LogP contribution is 2.57. The number of rotatable bonds is 65. The molecule has 2 aliphatic rings. The number of benzene rings is 3. The van der Waals surface area contributed by atoms with Gasteiger partial charge in [0.05, 0.1) is 25.4 Å². The van der Waals surface area contributed by atoms with Crippen molar-refractivity contribution in [2.24, 2.45) is 51.6 Å². The van der Waals surface area contributed by atoms with Crippen molar-refractivity contribution < 1.29 is 77.1 Å². The van der Waals surface area contributed by atoms with Crippen LogP contribution in [0.5, 0.6) is 23.0 Å². The van der Waals surface area contributed by atoms with Crippen molar-refractivity contribution in [1.82, 2.24) is 47.9 Å². The second kappa shape index (κ2) is 56.7. The number of aromatic hydroxyl groups is 2. The number of hydrogen-bond donors (Lipinski definition) is 20. The second-order valence-corrected chi connectivity index (χ2v) is 30.7. The standard InChI is InChI=1S/C83H136N18O16S/c84-39-17-1-9-25-62(73(92)105)95-75(107)64(27-11-3-19-41-86)97-77(109)66(29-13-5-21-43-88)99-79(111)68(31-15-7-23-45-90)101-80(112)69(32-16-8-24-46-91)100-78(110)67(30-14-6-22-44-89)98-76(108)65(28-12-4-20-42-87)96-74(106)63(26-10-2-18-40-85)94-72(104)54-115-50-49-114-48-47-93-81(118)55-33-36-59-58(51-55)82(113)117-83(59)60-37-34-56(102)52-70(60)116-71-53-57(103)35-38-61(71)83/h33-38,51-53,62-69,102-103H,1-32,39-50,54,84-91H2,(H2,92,105)(H,93,118)(H,94,104)(H,95,107)(H,96,106)(H,97,109)(H,98,108)(H,99,111)(H,100,110)(H,101,112)/t62-,63-,64-,65-,66-,67-,68-,69-/m0/s1. The van der Waals surface area contributed by atoms with E-state index in [-0.39, 0.29) is 106 Å². The number of nitrogens with two attached hydrogens (primary N) is 9. The molecule has 118 heavy (non-hydrogen) atoms. The van der Waals surface area contributed by atoms with Crippen LogP contribution < -0.4 is 104 Å². The summed E-state index contributed by atoms with van der Waals surface area (Å²) in [5.74, 6) is -6.35. The van der Waals surface area contributed by atoms with Gasteiger partial charge in [-0.1, -0.05) is 127 Å². The molecule has 0 radical (unpaired) electrons. The number of esters is 1. The first-order valence-corrected chi connectivity index (χ1v) is 42.9. The summed E-state index contributed by atoms with van der Waals surface area (Å²) in [5.41, 5.74) is 53.3. The van der Waals surface area contributed by atoms with E-state index in [2.05, 4.69) is 47.9 Å². The lowest BCUT2D eigenvalue weighted by Gasteiger charge is -2.36. The first-order valence-electron chi connectivity index (χ1n) is 42.5. The zero-order valence-electron chi connectivity index (χ0n) is 68.8. The van der Waals surface area contributed by atoms with Gasteiger partial charge >= 0.3 is 5.97 Å². The normalized spacial score (nSPS) is 14.4. The monoisotopic (exact) mass is 1670 g/mol. The molecule has 0 saturated carbocycles. The number of amides is 9. The second-order valence-electron chi connectivity index (χ2n) is 30.3. The minimum absolute atomic E-state index is 0.00268. The highest BCUT2D eigenvalue weighted by Gasteiger charge is 2.54. The predicted octanol–water partition coefficient (Wildman–Crippen LogP) is 2.48. The van der Waals surface area contributed by atoms with Crippen LogP contribution in [0.1, 0.15) is 238 Å². The van der Waals surface area contributed by atoms with Gasteiger partial charge in [-0.05, 0) is 185 Å². The Bertz CT molecular complexity index is 3570. The van der Waals surface area contributed by atoms with E-state index in [1.165, 1.54) is 24.3 Å². The fraction of sp³-hybridized carbons (Fsp3) is 0.651. The molecule has 3 aromatic rings. The molecular formula is C83H136N18O16S. The average Bonchev–Trinajstić information content (AvgIpc) is 1.50. The SMILES string of the molecule is NCCCCC[C@H](NC(=O)[C@H](CCCCCN)NC(=O)[C@H](CCCCCN)NC(=O)[C@H](CCCCCN)NC(=O)[C@H](CCCCCN)NC(=O)[C@H](CCCCCN)NC(=O)[C@H](CCCCCN)NC(=O)[C@H](CCCCCN)NC(=O)COCCOCCNC(=S)c1ccc2c(c1)C(=O)OC21c2ccc(O)cc2Oc2cc(O)ccc21)C(N)=O. The molecule has 8 atom stereocenters. The summed E-state index contributed by atoms with van der Waals surface area (Å²) in [5, 5.41) is 46.6. The zero-order valence-corrected chi connectivity index (χ0v) is 69.7. The van der Waals surface area contributed by atoms with Crippen molar-refractivity contribution in [3.05, 3.63) is 82.4 Å². The molecule has 1 spiro atoms. The zero-order chi connectivity index (χ0) is 86.0. The lowest BCUT2D eigenvalue weighted by Crippen LogP contribution is -2.60. The average molecular weight is 1670 g/mol. The van der Waals surface area contributed by atoms with E-state index in [1.807, 2.05) is 0 Å². The summed E-state index contributed by atoms with van der Waals surface area (Å²) in [4.78, 5) is 143. The maximum atomic E-state index is 14.9. The van der Waals surface area contributed by atoms with Gasteiger partial charge in [0.1, 0.15) is 82.9 Å². The van der Waals surface area contributed by atoms with Crippen LogP contribution in [0.3, 0.4) is 0 Å². The summed E-state index contributed by atoms with van der Waals surface area (Å²) < 4.78 is 23.7. The Morgan fingerprint density at radius 1 is 0.373 bits per heavy atom. The summed E-state index contributed by atoms with van der Waals surface area (Å²) in [6.45, 7) is 3.23. The molecule has 3 aromatic carbocycles. The van der Waals surface area contributed by atoms with Gasteiger partial charge in [0, 0.05) is 40.9 Å². The molecule has 2 aliphatic heterocycles. The third-order valence-corrected chi connectivity index (χ3v) is 21.2. The number of fused-ring (bicyclic) bond motifs is 6. The number of primary amides is 1. The molecule has 0 unspecified atom stereocenters. The number of thiocarbonyl (C=S) groups is 1. The number of carbonyl (C=O) groups is 10. The van der Waals surface area contributed by atoms with Crippen molar-refractivity contribution in [1.29, 1.82) is 0 Å². The third-order valence-electron chi connectivity index (χ3n) is 20.9. The Morgan fingerprint density at radius 2 is 0.669 bits per heavy atom. The highest BCUT2D eigenvalue weighted by atomic mass is 32.1. The first kappa shape index (κ1) is 99.8. The number of carbonyl (C=O) groups excluding carboxylic acids is 10. The molecule has 35 heteroatoms. The van der Waals surface area contributed by atoms with Crippen LogP contribution in [-0.2, 0) is 63.0 Å². The Labute approximate surface area is 699 Å². The Hall–Kier alpha value is -8.75. The van der Waals surface area contributed by atoms with Gasteiger partial charge in [-0.15, -0.1) is 0 Å². The lowest BCUT2D eigenvalue weighted by molar-refractivity contribution is -0.136. The van der Waals surface area contributed by atoms with Gasteiger partial charge in [0.15, 0.2) is 5.60 Å². The fourth-order valence-corrected chi connectivity index (χ4v) is 14.5. The molecule has 0 fully saturated rings. The van der Waals surface area contributed by atoms with Crippen molar-refractivity contribution in [2.75, 3.05) is 85.3 Å². The fourth-order valence-electron chi connectivity index (χ4n) is 14.2. The van der Waals surface area contributed by atoms with E-state index in [0.717, 1.165) is 6.42 Å². The maximum absolute atomic E-state index is 14.9. The number of unbranched alkanes of at least 4 members (excludes halogenated alkanes) is 16. The maximum Gasteiger partial charge on any atom is 0.340 e. The molecule has 2 heterocycles. The molecule has 0 aliphatic carbocycles. The minimum Gasteiger partial charge on any atom is -0.508 e. The molecule has 29 N–H and O–H groups in total. The van der Waals surface area contributed by atoms with Crippen LogP contribution in [0.2, 0.25) is 0 Å². The van der Waals surface area contributed by atoms with Crippen LogP contribution >= 0.6 is 12.2 Å². The van der Waals surface area contributed by atoms with Gasteiger partial charge in [-0.2, -0.15) is 0 Å². The number of ether oxygens (including phenoxy) is 4. The summed E-state index contributed by atoms with van der Waals surface area (Å²) in [7, 11) is 0. The van der Waals surface area contributed by atoms with Crippen molar-refractivity contribution in [2.45, 2.75) is 259 Å². The molecule has 0 aromatic heterocycles. The van der Waals surface area contributed by atoms with Gasteiger partial charge < -0.3 is 129 Å². The van der Waals surface area contributed by atoms with Gasteiger partial charge in [-0.3, -0.25) is 43.2 Å². The van der Waals surface area contributed by atoms with Crippen molar-refractivity contribution in [3.8, 4) is 23.0 Å². The largest absolute Gasteiger partial charge is 0.508 e. The first-order chi connectivity index (χ1) is 57.0. The van der Waals surface area contributed by atoms with E-state index < -0.39 is 120 Å².